The van der Waals surface area contributed by atoms with E-state index in [2.05, 4.69) is 25.4 Å². The number of hydrogen-bond donors (Lipinski definition) is 4. The highest BCUT2D eigenvalue weighted by Gasteiger charge is 2.23. The Morgan fingerprint density at radius 1 is 1.35 bits per heavy atom. The van der Waals surface area contributed by atoms with Crippen LogP contribution in [0.4, 0.5) is 11.6 Å². The summed E-state index contributed by atoms with van der Waals surface area (Å²) >= 11 is 0. The number of aromatic nitrogens is 2. The van der Waals surface area contributed by atoms with E-state index in [0.717, 1.165) is 6.26 Å². The molecule has 0 saturated heterocycles. The van der Waals surface area contributed by atoms with E-state index in [0.29, 0.717) is 23.9 Å². The Morgan fingerprint density at radius 3 is 2.45 bits per heavy atom. The standard InChI is InChI=1S/C10H20N6O3S/c1-10(2,16-20(4,17)18)5-12-8-7(19-3)9(15-11)14-6-13-8/h6,16H,5,11H2,1-4H3,(H2,12,13,14,15). The molecule has 1 rings (SSSR count). The van der Waals surface area contributed by atoms with Gasteiger partial charge in [-0.3, -0.25) is 0 Å². The molecule has 0 fully saturated rings. The van der Waals surface area contributed by atoms with Crippen LogP contribution in [0.15, 0.2) is 6.33 Å². The van der Waals surface area contributed by atoms with Gasteiger partial charge in [0.1, 0.15) is 6.33 Å². The van der Waals surface area contributed by atoms with Gasteiger partial charge in [0.25, 0.3) is 0 Å². The molecule has 1 aromatic heterocycles. The molecule has 20 heavy (non-hydrogen) atoms. The molecule has 1 aromatic rings. The highest BCUT2D eigenvalue weighted by atomic mass is 32.2. The summed E-state index contributed by atoms with van der Waals surface area (Å²) in [6.45, 7) is 3.80. The monoisotopic (exact) mass is 304 g/mol. The van der Waals surface area contributed by atoms with Crippen molar-refractivity contribution in [3.63, 3.8) is 0 Å². The van der Waals surface area contributed by atoms with Gasteiger partial charge in [-0.15, -0.1) is 0 Å². The number of anilines is 2. The minimum atomic E-state index is -3.30. The molecule has 0 unspecified atom stereocenters. The molecular weight excluding hydrogens is 284 g/mol. The van der Waals surface area contributed by atoms with Crippen molar-refractivity contribution < 1.29 is 13.2 Å². The lowest BCUT2D eigenvalue weighted by Gasteiger charge is -2.26. The summed E-state index contributed by atoms with van der Waals surface area (Å²) in [5, 5.41) is 3.00. The molecule has 10 heteroatoms. The highest BCUT2D eigenvalue weighted by molar-refractivity contribution is 7.88. The van der Waals surface area contributed by atoms with Crippen LogP contribution in [0.3, 0.4) is 0 Å². The van der Waals surface area contributed by atoms with Crippen molar-refractivity contribution in [2.24, 2.45) is 5.84 Å². The van der Waals surface area contributed by atoms with Crippen LogP contribution in [0.2, 0.25) is 0 Å². The second-order valence-corrected chi connectivity index (χ2v) is 6.61. The Bertz CT molecular complexity index is 560. The number of nitrogens with one attached hydrogen (secondary N) is 3. The van der Waals surface area contributed by atoms with Gasteiger partial charge in [-0.05, 0) is 13.8 Å². The fourth-order valence-corrected chi connectivity index (χ4v) is 2.71. The first kappa shape index (κ1) is 16.4. The van der Waals surface area contributed by atoms with E-state index in [1.54, 1.807) is 13.8 Å². The van der Waals surface area contributed by atoms with Gasteiger partial charge in [-0.1, -0.05) is 0 Å². The molecule has 0 aliphatic heterocycles. The lowest BCUT2D eigenvalue weighted by molar-refractivity contribution is 0.413. The molecule has 1 heterocycles. The van der Waals surface area contributed by atoms with Crippen molar-refractivity contribution in [3.05, 3.63) is 6.33 Å². The number of ether oxygens (including phenoxy) is 1. The van der Waals surface area contributed by atoms with E-state index in [-0.39, 0.29) is 0 Å². The van der Waals surface area contributed by atoms with Gasteiger partial charge in [-0.2, -0.15) is 0 Å². The van der Waals surface area contributed by atoms with Crippen molar-refractivity contribution in [2.45, 2.75) is 19.4 Å². The Labute approximate surface area is 118 Å². The number of nitrogens with two attached hydrogens (primary N) is 1. The van der Waals surface area contributed by atoms with E-state index >= 15 is 0 Å². The number of rotatable bonds is 7. The van der Waals surface area contributed by atoms with Crippen LogP contribution < -0.4 is 26.0 Å². The van der Waals surface area contributed by atoms with Gasteiger partial charge in [-0.25, -0.2) is 29.0 Å². The summed E-state index contributed by atoms with van der Waals surface area (Å²) in [7, 11) is -1.84. The van der Waals surface area contributed by atoms with Crippen LogP contribution in [0.1, 0.15) is 13.8 Å². The molecule has 114 valence electrons. The minimum Gasteiger partial charge on any atom is -0.490 e. The molecule has 0 aliphatic carbocycles. The van der Waals surface area contributed by atoms with Crippen LogP contribution in [-0.2, 0) is 10.0 Å². The second-order valence-electron chi connectivity index (χ2n) is 4.86. The van der Waals surface area contributed by atoms with E-state index < -0.39 is 15.6 Å². The normalized spacial score (nSPS) is 12.1. The van der Waals surface area contributed by atoms with Crippen molar-refractivity contribution in [2.75, 3.05) is 30.7 Å². The zero-order valence-corrected chi connectivity index (χ0v) is 12.7. The average molecular weight is 304 g/mol. The van der Waals surface area contributed by atoms with Crippen molar-refractivity contribution in [3.8, 4) is 5.75 Å². The maximum Gasteiger partial charge on any atom is 0.209 e. The zero-order valence-electron chi connectivity index (χ0n) is 11.9. The van der Waals surface area contributed by atoms with Gasteiger partial charge < -0.3 is 15.5 Å². The summed E-state index contributed by atoms with van der Waals surface area (Å²) in [6, 6.07) is 0. The molecule has 0 atom stereocenters. The maximum atomic E-state index is 11.3. The molecule has 0 radical (unpaired) electrons. The van der Waals surface area contributed by atoms with Crippen molar-refractivity contribution in [1.29, 1.82) is 0 Å². The minimum absolute atomic E-state index is 0.303. The Morgan fingerprint density at radius 2 is 1.95 bits per heavy atom. The summed E-state index contributed by atoms with van der Waals surface area (Å²) in [4.78, 5) is 7.95. The largest absolute Gasteiger partial charge is 0.490 e. The number of sulfonamides is 1. The maximum absolute atomic E-state index is 11.3. The molecule has 9 nitrogen and oxygen atoms in total. The first-order valence-corrected chi connectivity index (χ1v) is 7.66. The van der Waals surface area contributed by atoms with Crippen LogP contribution >= 0.6 is 0 Å². The van der Waals surface area contributed by atoms with Gasteiger partial charge >= 0.3 is 0 Å². The molecular formula is C10H20N6O3S. The number of hydrogen-bond acceptors (Lipinski definition) is 8. The van der Waals surface area contributed by atoms with Gasteiger partial charge in [0.05, 0.1) is 13.4 Å². The zero-order chi connectivity index (χ0) is 15.4. The lowest BCUT2D eigenvalue weighted by atomic mass is 10.1. The third-order valence-electron chi connectivity index (χ3n) is 2.30. The van der Waals surface area contributed by atoms with Gasteiger partial charge in [0, 0.05) is 12.1 Å². The van der Waals surface area contributed by atoms with Gasteiger partial charge in [0.15, 0.2) is 11.6 Å². The first-order chi connectivity index (χ1) is 9.18. The summed E-state index contributed by atoms with van der Waals surface area (Å²) in [5.74, 6) is 6.42. The fraction of sp³-hybridized carbons (Fsp3) is 0.600. The van der Waals surface area contributed by atoms with Crippen LogP contribution in [0, 0.1) is 0 Å². The third kappa shape index (κ3) is 4.79. The van der Waals surface area contributed by atoms with E-state index in [1.807, 2.05) is 0 Å². The highest BCUT2D eigenvalue weighted by Crippen LogP contribution is 2.28. The number of nitrogen functional groups attached to an aromatic ring is 1. The second kappa shape index (κ2) is 6.20. The molecule has 0 amide bonds. The van der Waals surface area contributed by atoms with E-state index in [1.165, 1.54) is 13.4 Å². The number of hydrazine groups is 1. The third-order valence-corrected chi connectivity index (χ3v) is 3.23. The lowest BCUT2D eigenvalue weighted by Crippen LogP contribution is -2.47. The molecule has 0 saturated carbocycles. The van der Waals surface area contributed by atoms with Crippen LogP contribution in [-0.4, -0.2) is 43.8 Å². The molecule has 0 aromatic carbocycles. The Kier molecular flexibility index (Phi) is 5.09. The first-order valence-electron chi connectivity index (χ1n) is 5.77. The Hall–Kier alpha value is -1.65. The van der Waals surface area contributed by atoms with Gasteiger partial charge in [0.2, 0.25) is 15.8 Å². The summed E-state index contributed by atoms with van der Waals surface area (Å²) in [5.41, 5.74) is 1.70. The number of methoxy groups -OCH3 is 1. The predicted molar refractivity (Wildman–Crippen MR) is 76.9 cm³/mol. The van der Waals surface area contributed by atoms with Crippen LogP contribution in [0.25, 0.3) is 0 Å². The molecule has 0 bridgehead atoms. The predicted octanol–water partition coefficient (Wildman–Crippen LogP) is -0.490. The summed E-state index contributed by atoms with van der Waals surface area (Å²) in [6.07, 6.45) is 2.42. The van der Waals surface area contributed by atoms with Crippen molar-refractivity contribution >= 4 is 21.7 Å². The molecule has 0 aliphatic rings. The van der Waals surface area contributed by atoms with Crippen molar-refractivity contribution in [1.82, 2.24) is 14.7 Å². The summed E-state index contributed by atoms with van der Waals surface area (Å²) < 4.78 is 30.2. The SMILES string of the molecule is COc1c(NN)ncnc1NCC(C)(C)NS(C)(=O)=O. The molecule has 0 spiro atoms. The van der Waals surface area contributed by atoms with Crippen LogP contribution in [0.5, 0.6) is 5.75 Å². The number of nitrogens with zero attached hydrogens (tertiary/aromatic N) is 2. The average Bonchev–Trinajstić information content (AvgIpc) is 2.32. The smallest absolute Gasteiger partial charge is 0.209 e. The van der Waals surface area contributed by atoms with E-state index in [9.17, 15) is 8.42 Å². The van der Waals surface area contributed by atoms with E-state index in [4.69, 9.17) is 10.6 Å². The fourth-order valence-electron chi connectivity index (χ4n) is 1.64. The topological polar surface area (TPSA) is 131 Å². The quantitative estimate of drug-likeness (QED) is 0.392. The Balaban J connectivity index is 2.85. The molecule has 5 N–H and O–H groups in total.